The van der Waals surface area contributed by atoms with Gasteiger partial charge < -0.3 is 9.80 Å². The van der Waals surface area contributed by atoms with Crippen LogP contribution in [-0.2, 0) is 4.79 Å². The minimum absolute atomic E-state index is 0.0662. The molecule has 0 N–H and O–H groups in total. The molecule has 4 nitrogen and oxygen atoms in total. The summed E-state index contributed by atoms with van der Waals surface area (Å²) in [6.45, 7) is 2.90. The second kappa shape index (κ2) is 8.86. The Kier molecular flexibility index (Phi) is 5.84. The first kappa shape index (κ1) is 19.1. The van der Waals surface area contributed by atoms with Crippen molar-refractivity contribution >= 4 is 11.6 Å². The van der Waals surface area contributed by atoms with E-state index < -0.39 is 0 Å². The Hall–Kier alpha value is -3.21. The molecule has 0 spiro atoms. The van der Waals surface area contributed by atoms with Gasteiger partial charge in [0, 0.05) is 56.6 Å². The van der Waals surface area contributed by atoms with Gasteiger partial charge in [-0.2, -0.15) is 0 Å². The molecule has 2 aromatic carbocycles. The Bertz CT molecular complexity index is 941. The quantitative estimate of drug-likeness (QED) is 0.659. The molecule has 3 aromatic rings. The summed E-state index contributed by atoms with van der Waals surface area (Å²) >= 11 is 0. The number of anilines is 1. The predicted octanol–water partition coefficient (Wildman–Crippen LogP) is 4.09. The molecule has 0 aliphatic carbocycles. The summed E-state index contributed by atoms with van der Waals surface area (Å²) in [7, 11) is 0. The number of carbonyl (C=O) groups is 1. The third-order valence-corrected chi connectivity index (χ3v) is 5.52. The molecular weight excluding hydrogens is 365 g/mol. The van der Waals surface area contributed by atoms with Crippen LogP contribution in [0.3, 0.4) is 0 Å². The number of carbonyl (C=O) groups excluding carboxylic acids is 1. The molecule has 1 aliphatic rings. The smallest absolute Gasteiger partial charge is 0.223 e. The van der Waals surface area contributed by atoms with Crippen LogP contribution in [0.2, 0.25) is 0 Å². The van der Waals surface area contributed by atoms with Gasteiger partial charge in [0.25, 0.3) is 0 Å². The Morgan fingerprint density at radius 2 is 1.55 bits per heavy atom. The van der Waals surface area contributed by atoms with Crippen molar-refractivity contribution in [1.82, 2.24) is 9.88 Å². The number of piperazine rings is 1. The highest BCUT2D eigenvalue weighted by Gasteiger charge is 2.26. The molecule has 1 aromatic heterocycles. The highest BCUT2D eigenvalue weighted by molar-refractivity contribution is 5.78. The summed E-state index contributed by atoms with van der Waals surface area (Å²) < 4.78 is 14.5. The van der Waals surface area contributed by atoms with Crippen LogP contribution in [0.5, 0.6) is 0 Å². The molecule has 0 bridgehead atoms. The summed E-state index contributed by atoms with van der Waals surface area (Å²) in [6.07, 6.45) is 3.83. The average Bonchev–Trinajstić information content (AvgIpc) is 2.79. The molecular formula is C24H24FN3O. The Balaban J connectivity index is 1.47. The maximum Gasteiger partial charge on any atom is 0.223 e. The number of pyridine rings is 1. The van der Waals surface area contributed by atoms with Crippen molar-refractivity contribution in [2.75, 3.05) is 31.1 Å². The van der Waals surface area contributed by atoms with Crippen LogP contribution in [0, 0.1) is 5.82 Å². The number of hydrogen-bond acceptors (Lipinski definition) is 3. The third-order valence-electron chi connectivity index (χ3n) is 5.52. The lowest BCUT2D eigenvalue weighted by atomic mass is 9.87. The van der Waals surface area contributed by atoms with Crippen LogP contribution in [0.1, 0.15) is 23.5 Å². The second-order valence-electron chi connectivity index (χ2n) is 7.26. The number of aromatic nitrogens is 1. The number of hydrogen-bond donors (Lipinski definition) is 0. The van der Waals surface area contributed by atoms with Crippen molar-refractivity contribution in [2.45, 2.75) is 12.3 Å². The van der Waals surface area contributed by atoms with E-state index >= 15 is 0 Å². The first-order valence-electron chi connectivity index (χ1n) is 9.94. The maximum atomic E-state index is 14.5. The van der Waals surface area contributed by atoms with Gasteiger partial charge in [-0.15, -0.1) is 0 Å². The van der Waals surface area contributed by atoms with Gasteiger partial charge in [-0.25, -0.2) is 4.39 Å². The van der Waals surface area contributed by atoms with Gasteiger partial charge in [0.1, 0.15) is 5.82 Å². The van der Waals surface area contributed by atoms with Gasteiger partial charge >= 0.3 is 0 Å². The summed E-state index contributed by atoms with van der Waals surface area (Å²) in [5.74, 6) is -0.490. The van der Waals surface area contributed by atoms with E-state index in [9.17, 15) is 9.18 Å². The van der Waals surface area contributed by atoms with Crippen molar-refractivity contribution in [2.24, 2.45) is 0 Å². The van der Waals surface area contributed by atoms with E-state index in [4.69, 9.17) is 0 Å². The predicted molar refractivity (Wildman–Crippen MR) is 112 cm³/mol. The zero-order chi connectivity index (χ0) is 20.1. The molecule has 148 valence electrons. The van der Waals surface area contributed by atoms with E-state index in [0.29, 0.717) is 18.7 Å². The molecule has 1 saturated heterocycles. The summed E-state index contributed by atoms with van der Waals surface area (Å²) in [5.41, 5.74) is 2.66. The summed E-state index contributed by atoms with van der Waals surface area (Å²) in [5, 5.41) is 0. The summed E-state index contributed by atoms with van der Waals surface area (Å²) in [6, 6.07) is 20.4. The molecule has 1 unspecified atom stereocenters. The molecule has 4 rings (SSSR count). The Morgan fingerprint density at radius 3 is 2.24 bits per heavy atom. The van der Waals surface area contributed by atoms with E-state index in [1.165, 1.54) is 6.07 Å². The van der Waals surface area contributed by atoms with E-state index in [-0.39, 0.29) is 24.1 Å². The standard InChI is InChI=1S/C24H24FN3O/c25-23-9-5-4-8-21(23)22(19-6-2-1-3-7-19)18-24(29)28-16-14-27(15-17-28)20-10-12-26-13-11-20/h1-13,22H,14-18H2. The Morgan fingerprint density at radius 1 is 0.897 bits per heavy atom. The van der Waals surface area contributed by atoms with Gasteiger partial charge in [0.2, 0.25) is 5.91 Å². The van der Waals surface area contributed by atoms with Crippen LogP contribution in [0.4, 0.5) is 10.1 Å². The van der Waals surface area contributed by atoms with E-state index in [2.05, 4.69) is 9.88 Å². The lowest BCUT2D eigenvalue weighted by molar-refractivity contribution is -0.131. The first-order valence-corrected chi connectivity index (χ1v) is 9.94. The van der Waals surface area contributed by atoms with E-state index in [1.807, 2.05) is 53.4 Å². The largest absolute Gasteiger partial charge is 0.368 e. The fraction of sp³-hybridized carbons (Fsp3) is 0.250. The first-order chi connectivity index (χ1) is 14.2. The number of amides is 1. The second-order valence-corrected chi connectivity index (χ2v) is 7.26. The summed E-state index contributed by atoms with van der Waals surface area (Å²) in [4.78, 5) is 21.3. The van der Waals surface area contributed by atoms with Crippen LogP contribution in [0.15, 0.2) is 79.1 Å². The fourth-order valence-electron chi connectivity index (χ4n) is 3.92. The van der Waals surface area contributed by atoms with Gasteiger partial charge in [-0.1, -0.05) is 48.5 Å². The molecule has 0 saturated carbocycles. The molecule has 1 amide bonds. The van der Waals surface area contributed by atoms with Crippen LogP contribution in [0.25, 0.3) is 0 Å². The number of rotatable bonds is 5. The monoisotopic (exact) mass is 389 g/mol. The molecule has 0 radical (unpaired) electrons. The molecule has 5 heteroatoms. The van der Waals surface area contributed by atoms with Gasteiger partial charge in [0.15, 0.2) is 0 Å². The molecule has 1 fully saturated rings. The van der Waals surface area contributed by atoms with Crippen molar-refractivity contribution in [3.8, 4) is 0 Å². The average molecular weight is 389 g/mol. The maximum absolute atomic E-state index is 14.5. The Labute approximate surface area is 170 Å². The molecule has 1 atom stereocenters. The molecule has 1 aliphatic heterocycles. The normalized spacial score (nSPS) is 15.2. The van der Waals surface area contributed by atoms with Crippen molar-refractivity contribution in [1.29, 1.82) is 0 Å². The van der Waals surface area contributed by atoms with Gasteiger partial charge in [-0.05, 0) is 29.3 Å². The van der Waals surface area contributed by atoms with Gasteiger partial charge in [0.05, 0.1) is 0 Å². The third kappa shape index (κ3) is 4.45. The lowest BCUT2D eigenvalue weighted by Crippen LogP contribution is -2.49. The number of halogens is 1. The highest BCUT2D eigenvalue weighted by Crippen LogP contribution is 2.30. The topological polar surface area (TPSA) is 36.4 Å². The lowest BCUT2D eigenvalue weighted by Gasteiger charge is -2.36. The van der Waals surface area contributed by atoms with Crippen molar-refractivity contribution in [3.63, 3.8) is 0 Å². The molecule has 29 heavy (non-hydrogen) atoms. The minimum atomic E-state index is -0.289. The van der Waals surface area contributed by atoms with Crippen LogP contribution in [-0.4, -0.2) is 42.0 Å². The van der Waals surface area contributed by atoms with E-state index in [0.717, 1.165) is 24.3 Å². The number of benzene rings is 2. The van der Waals surface area contributed by atoms with Crippen LogP contribution >= 0.6 is 0 Å². The SMILES string of the molecule is O=C(CC(c1ccccc1)c1ccccc1F)N1CCN(c2ccncc2)CC1. The van der Waals surface area contributed by atoms with Crippen molar-refractivity contribution in [3.05, 3.63) is 96.1 Å². The zero-order valence-corrected chi connectivity index (χ0v) is 16.2. The van der Waals surface area contributed by atoms with Crippen molar-refractivity contribution < 1.29 is 9.18 Å². The van der Waals surface area contributed by atoms with Gasteiger partial charge in [-0.3, -0.25) is 9.78 Å². The van der Waals surface area contributed by atoms with E-state index in [1.54, 1.807) is 24.5 Å². The fourth-order valence-corrected chi connectivity index (χ4v) is 3.92. The van der Waals surface area contributed by atoms with Crippen LogP contribution < -0.4 is 4.90 Å². The minimum Gasteiger partial charge on any atom is -0.368 e. The highest BCUT2D eigenvalue weighted by atomic mass is 19.1. The number of nitrogens with zero attached hydrogens (tertiary/aromatic N) is 3. The molecule has 2 heterocycles. The zero-order valence-electron chi connectivity index (χ0n) is 16.2.